The highest BCUT2D eigenvalue weighted by Crippen LogP contribution is 2.52. The highest BCUT2D eigenvalue weighted by atomic mass is 32.1. The van der Waals surface area contributed by atoms with Gasteiger partial charge >= 0.3 is 6.85 Å². The second-order valence-electron chi connectivity index (χ2n) is 16.0. The van der Waals surface area contributed by atoms with Crippen LogP contribution >= 0.6 is 11.3 Å². The van der Waals surface area contributed by atoms with Crippen LogP contribution in [0, 0.1) is 0 Å². The van der Waals surface area contributed by atoms with Crippen LogP contribution < -0.4 is 15.7 Å². The zero-order valence-corrected chi connectivity index (χ0v) is 31.3. The molecule has 55 heavy (non-hydrogen) atoms. The SMILES string of the molecule is CC1(C)c2ccccc2-c2cc(-c3cc4c5c6c3c3ccccc3n6-c3cc6c(cc3B5N(c3ccccc3)c3ccccc3-4)sc3ccccc36)ccc21. The molecule has 0 bridgehead atoms. The molecular formula is C51H33BN2S. The smallest absolute Gasteiger partial charge is 0.333 e. The van der Waals surface area contributed by atoms with Crippen LogP contribution in [0.5, 0.6) is 0 Å². The molecule has 3 aliphatic rings. The van der Waals surface area contributed by atoms with Crippen molar-refractivity contribution >= 4 is 82.5 Å². The molecule has 0 fully saturated rings. The van der Waals surface area contributed by atoms with Crippen LogP contribution in [-0.4, -0.2) is 11.4 Å². The van der Waals surface area contributed by atoms with Crippen LogP contribution in [0.1, 0.15) is 25.0 Å². The van der Waals surface area contributed by atoms with Gasteiger partial charge < -0.3 is 9.38 Å². The van der Waals surface area contributed by atoms with Crippen molar-refractivity contribution in [3.8, 4) is 39.1 Å². The summed E-state index contributed by atoms with van der Waals surface area (Å²) in [5, 5.41) is 5.28. The highest BCUT2D eigenvalue weighted by molar-refractivity contribution is 7.26. The lowest BCUT2D eigenvalue weighted by Gasteiger charge is -2.42. The Hall–Kier alpha value is -6.36. The molecule has 2 aliphatic heterocycles. The highest BCUT2D eigenvalue weighted by Gasteiger charge is 2.45. The molecule has 2 aromatic heterocycles. The Morgan fingerprint density at radius 2 is 1.24 bits per heavy atom. The number of para-hydroxylation sites is 3. The number of anilines is 2. The molecule has 256 valence electrons. The summed E-state index contributed by atoms with van der Waals surface area (Å²) in [6, 6.07) is 61.9. The van der Waals surface area contributed by atoms with E-state index in [0.29, 0.717) is 0 Å². The number of rotatable bonds is 2. The van der Waals surface area contributed by atoms with Crippen molar-refractivity contribution in [1.29, 1.82) is 0 Å². The normalized spacial score (nSPS) is 14.4. The van der Waals surface area contributed by atoms with Crippen LogP contribution in [0.2, 0.25) is 0 Å². The van der Waals surface area contributed by atoms with Gasteiger partial charge in [-0.05, 0) is 104 Å². The Morgan fingerprint density at radius 3 is 2.13 bits per heavy atom. The zero-order chi connectivity index (χ0) is 36.2. The lowest BCUT2D eigenvalue weighted by atomic mass is 9.44. The number of thiophene rings is 1. The first-order chi connectivity index (χ1) is 27.1. The van der Waals surface area contributed by atoms with Crippen LogP contribution in [0.25, 0.3) is 81.0 Å². The fraction of sp³-hybridized carbons (Fsp3) is 0.0588. The summed E-state index contributed by atoms with van der Waals surface area (Å²) < 4.78 is 5.29. The van der Waals surface area contributed by atoms with Crippen LogP contribution in [0.15, 0.2) is 164 Å². The molecule has 0 atom stereocenters. The molecule has 0 saturated heterocycles. The second-order valence-corrected chi connectivity index (χ2v) is 17.1. The van der Waals surface area contributed by atoms with Gasteiger partial charge in [0.1, 0.15) is 0 Å². The number of aromatic nitrogens is 1. The molecule has 0 radical (unpaired) electrons. The molecule has 10 aromatic rings. The quantitative estimate of drug-likeness (QED) is 0.162. The number of fused-ring (bicyclic) bond motifs is 14. The molecule has 4 heteroatoms. The fourth-order valence-corrected chi connectivity index (χ4v) is 11.7. The molecule has 2 nitrogen and oxygen atoms in total. The summed E-state index contributed by atoms with van der Waals surface area (Å²) >= 11 is 1.91. The Bertz CT molecular complexity index is 3310. The first-order valence-corrected chi connectivity index (χ1v) is 20.1. The van der Waals surface area contributed by atoms with E-state index in [1.54, 1.807) is 0 Å². The van der Waals surface area contributed by atoms with Crippen molar-refractivity contribution in [2.75, 3.05) is 4.81 Å². The molecule has 4 heterocycles. The molecule has 0 amide bonds. The van der Waals surface area contributed by atoms with Crippen molar-refractivity contribution in [1.82, 2.24) is 4.57 Å². The fourth-order valence-electron chi connectivity index (χ4n) is 10.6. The van der Waals surface area contributed by atoms with E-state index in [9.17, 15) is 0 Å². The number of hydrogen-bond donors (Lipinski definition) is 0. The Balaban J connectivity index is 1.21. The van der Waals surface area contributed by atoms with Gasteiger partial charge in [-0.1, -0.05) is 123 Å². The van der Waals surface area contributed by atoms with E-state index in [1.165, 1.54) is 114 Å². The lowest BCUT2D eigenvalue weighted by molar-refractivity contribution is 0.660. The molecule has 0 spiro atoms. The average molecular weight is 717 g/mol. The average Bonchev–Trinajstić information content (AvgIpc) is 3.85. The molecule has 13 rings (SSSR count). The second kappa shape index (κ2) is 10.4. The molecule has 0 unspecified atom stereocenters. The molecule has 1 aliphatic carbocycles. The molecule has 0 saturated carbocycles. The van der Waals surface area contributed by atoms with Crippen LogP contribution in [-0.2, 0) is 5.41 Å². The molecule has 0 N–H and O–H groups in total. The Kier molecular flexibility index (Phi) is 5.70. The topological polar surface area (TPSA) is 8.17 Å². The summed E-state index contributed by atoms with van der Waals surface area (Å²) in [5.74, 6) is 0. The van der Waals surface area contributed by atoms with E-state index in [1.807, 2.05) is 11.3 Å². The number of hydrogen-bond acceptors (Lipinski definition) is 2. The summed E-state index contributed by atoms with van der Waals surface area (Å²) in [4.78, 5) is 2.62. The summed E-state index contributed by atoms with van der Waals surface area (Å²) in [6.07, 6.45) is 0. The first kappa shape index (κ1) is 30.0. The standard InChI is InChI=1S/C51H33BN2S/c1-51(2)40-20-10-6-16-32(40)37-26-30(24-25-41(37)51)36-27-39-33-17-7-12-22-44(33)54(31-14-4-3-5-15-31)52-42-29-47-38(34-18-9-13-23-46(34)55-47)28-45(42)53-43-21-11-8-19-35(43)48(36)50(53)49(39)52/h3-29H,1-2H3. The van der Waals surface area contributed by atoms with E-state index >= 15 is 0 Å². The maximum absolute atomic E-state index is 2.62. The Labute approximate surface area is 323 Å². The third-order valence-electron chi connectivity index (χ3n) is 13.0. The van der Waals surface area contributed by atoms with Crippen molar-refractivity contribution in [2.45, 2.75) is 19.3 Å². The predicted molar refractivity (Wildman–Crippen MR) is 236 cm³/mol. The van der Waals surface area contributed by atoms with Gasteiger partial charge in [-0.2, -0.15) is 0 Å². The van der Waals surface area contributed by atoms with Crippen LogP contribution in [0.4, 0.5) is 11.4 Å². The lowest BCUT2D eigenvalue weighted by Crippen LogP contribution is -2.60. The van der Waals surface area contributed by atoms with Crippen molar-refractivity contribution in [3.63, 3.8) is 0 Å². The number of benzene rings is 8. The van der Waals surface area contributed by atoms with Crippen molar-refractivity contribution in [3.05, 3.63) is 175 Å². The first-order valence-electron chi connectivity index (χ1n) is 19.3. The predicted octanol–water partition coefficient (Wildman–Crippen LogP) is 12.4. The van der Waals surface area contributed by atoms with E-state index in [2.05, 4.69) is 187 Å². The van der Waals surface area contributed by atoms with Gasteiger partial charge in [0.2, 0.25) is 0 Å². The zero-order valence-electron chi connectivity index (χ0n) is 30.5. The van der Waals surface area contributed by atoms with Gasteiger partial charge in [0, 0.05) is 59.0 Å². The molecular weight excluding hydrogens is 683 g/mol. The van der Waals surface area contributed by atoms with E-state index in [-0.39, 0.29) is 12.3 Å². The van der Waals surface area contributed by atoms with Gasteiger partial charge in [0.15, 0.2) is 0 Å². The Morgan fingerprint density at radius 1 is 0.509 bits per heavy atom. The summed E-state index contributed by atoms with van der Waals surface area (Å²) in [6.45, 7) is 4.72. The minimum atomic E-state index is -0.0412. The third kappa shape index (κ3) is 3.75. The molecule has 8 aromatic carbocycles. The minimum absolute atomic E-state index is 0.0158. The maximum atomic E-state index is 2.62. The maximum Gasteiger partial charge on any atom is 0.333 e. The number of nitrogens with zero attached hydrogens (tertiary/aromatic N) is 2. The van der Waals surface area contributed by atoms with E-state index in [4.69, 9.17) is 0 Å². The van der Waals surface area contributed by atoms with Gasteiger partial charge in [-0.3, -0.25) is 0 Å². The van der Waals surface area contributed by atoms with Gasteiger partial charge in [0.05, 0.1) is 11.0 Å². The third-order valence-corrected chi connectivity index (χ3v) is 14.1. The van der Waals surface area contributed by atoms with E-state index in [0.717, 1.165) is 0 Å². The monoisotopic (exact) mass is 716 g/mol. The van der Waals surface area contributed by atoms with Gasteiger partial charge in [-0.25, -0.2) is 0 Å². The van der Waals surface area contributed by atoms with Crippen LogP contribution in [0.3, 0.4) is 0 Å². The minimum Gasteiger partial charge on any atom is -0.376 e. The van der Waals surface area contributed by atoms with Gasteiger partial charge in [-0.15, -0.1) is 11.3 Å². The summed E-state index contributed by atoms with van der Waals surface area (Å²) in [5.41, 5.74) is 19.7. The largest absolute Gasteiger partial charge is 0.376 e. The van der Waals surface area contributed by atoms with E-state index < -0.39 is 0 Å². The summed E-state index contributed by atoms with van der Waals surface area (Å²) in [7, 11) is 0. The van der Waals surface area contributed by atoms with Crippen molar-refractivity contribution in [2.24, 2.45) is 0 Å². The van der Waals surface area contributed by atoms with Gasteiger partial charge in [0.25, 0.3) is 0 Å². The van der Waals surface area contributed by atoms with Crippen molar-refractivity contribution < 1.29 is 0 Å².